The molecule has 0 bridgehead atoms. The summed E-state index contributed by atoms with van der Waals surface area (Å²) in [6, 6.07) is 0. The Labute approximate surface area is 53.7 Å². The largest absolute Gasteiger partial charge is 0.390 e. The highest BCUT2D eigenvalue weighted by Crippen LogP contribution is 1.73. The maximum atomic E-state index is 5.26. The molecular weight excluding hydrogens is 122 g/mol. The predicted molar refractivity (Wildman–Crippen MR) is 38.1 cm³/mol. The minimum absolute atomic E-state index is 0.289. The number of nitrogens with one attached hydrogen (secondary N) is 1. The van der Waals surface area contributed by atoms with Crippen LogP contribution in [0.25, 0.3) is 0 Å². The quantitative estimate of drug-likeness (QED) is 0.342. The minimum Gasteiger partial charge on any atom is -0.390 e. The molecule has 0 aromatic heterocycles. The van der Waals surface area contributed by atoms with Gasteiger partial charge in [0.15, 0.2) is 0 Å². The number of rotatable bonds is 2. The van der Waals surface area contributed by atoms with Crippen molar-refractivity contribution in [2.24, 2.45) is 11.5 Å². The summed E-state index contributed by atoms with van der Waals surface area (Å²) in [5.41, 5.74) is 10.4. The molecule has 5 N–H and O–H groups in total. The Kier molecular flexibility index (Phi) is 2.95. The molecule has 0 fully saturated rings. The summed E-state index contributed by atoms with van der Waals surface area (Å²) in [6.07, 6.45) is 1.48. The Bertz CT molecular complexity index is 118. The van der Waals surface area contributed by atoms with Gasteiger partial charge in [0.2, 0.25) is 0 Å². The molecule has 0 aromatic rings. The van der Waals surface area contributed by atoms with Crippen LogP contribution >= 0.6 is 12.2 Å². The first kappa shape index (κ1) is 7.23. The van der Waals surface area contributed by atoms with Crippen LogP contribution in [0, 0.1) is 0 Å². The summed E-state index contributed by atoms with van der Waals surface area (Å²) in [5, 5.41) is 2.67. The zero-order valence-electron chi connectivity index (χ0n) is 4.64. The SMILES string of the molecule is CNC(N)=CC(N)=S. The van der Waals surface area contributed by atoms with Crippen LogP contribution in [0.2, 0.25) is 0 Å². The third-order valence-corrected chi connectivity index (χ3v) is 0.704. The van der Waals surface area contributed by atoms with E-state index in [2.05, 4.69) is 17.5 Å². The lowest BCUT2D eigenvalue weighted by Gasteiger charge is -1.95. The number of nitrogens with two attached hydrogens (primary N) is 2. The Morgan fingerprint density at radius 1 is 1.62 bits per heavy atom. The summed E-state index contributed by atoms with van der Waals surface area (Å²) >= 11 is 4.52. The van der Waals surface area contributed by atoms with Crippen molar-refractivity contribution in [3.8, 4) is 0 Å². The van der Waals surface area contributed by atoms with Gasteiger partial charge in [0, 0.05) is 13.1 Å². The van der Waals surface area contributed by atoms with Gasteiger partial charge >= 0.3 is 0 Å². The molecule has 46 valence electrons. The third-order valence-electron chi connectivity index (χ3n) is 0.586. The summed E-state index contributed by atoms with van der Waals surface area (Å²) in [7, 11) is 1.70. The van der Waals surface area contributed by atoms with E-state index in [4.69, 9.17) is 11.5 Å². The lowest BCUT2D eigenvalue weighted by atomic mass is 10.5. The van der Waals surface area contributed by atoms with Crippen molar-refractivity contribution in [1.82, 2.24) is 5.32 Å². The first-order valence-electron chi connectivity index (χ1n) is 2.11. The highest BCUT2D eigenvalue weighted by molar-refractivity contribution is 7.80. The normalized spacial score (nSPS) is 10.9. The second-order valence-corrected chi connectivity index (χ2v) is 1.72. The molecule has 0 rings (SSSR count). The van der Waals surface area contributed by atoms with Gasteiger partial charge < -0.3 is 16.8 Å². The fraction of sp³-hybridized carbons (Fsp3) is 0.250. The fourth-order valence-electron chi connectivity index (χ4n) is 0.225. The molecular formula is C4H9N3S. The molecule has 0 atom stereocenters. The van der Waals surface area contributed by atoms with Crippen LogP contribution in [-0.2, 0) is 0 Å². The van der Waals surface area contributed by atoms with Gasteiger partial charge in [-0.2, -0.15) is 0 Å². The average molecular weight is 131 g/mol. The molecule has 4 heteroatoms. The van der Waals surface area contributed by atoms with Gasteiger partial charge in [-0.05, 0) is 0 Å². The Balaban J connectivity index is 3.75. The van der Waals surface area contributed by atoms with Crippen molar-refractivity contribution in [2.45, 2.75) is 0 Å². The Morgan fingerprint density at radius 2 is 2.12 bits per heavy atom. The second-order valence-electron chi connectivity index (χ2n) is 1.25. The van der Waals surface area contributed by atoms with Crippen LogP contribution in [-0.4, -0.2) is 12.0 Å². The zero-order valence-corrected chi connectivity index (χ0v) is 5.46. The third kappa shape index (κ3) is 3.42. The van der Waals surface area contributed by atoms with Crippen LogP contribution in [0.5, 0.6) is 0 Å². The maximum Gasteiger partial charge on any atom is 0.0998 e. The highest BCUT2D eigenvalue weighted by atomic mass is 32.1. The lowest BCUT2D eigenvalue weighted by Crippen LogP contribution is -2.18. The average Bonchev–Trinajstić information content (AvgIpc) is 1.65. The van der Waals surface area contributed by atoms with E-state index in [0.29, 0.717) is 5.82 Å². The van der Waals surface area contributed by atoms with Crippen LogP contribution in [0.15, 0.2) is 11.9 Å². The standard InChI is InChI=1S/C4H9N3S/c1-7-3(5)2-4(6)8/h2,7H,5H2,1H3,(H2,6,8). The van der Waals surface area contributed by atoms with E-state index in [1.54, 1.807) is 7.05 Å². The number of thiocarbonyl (C=S) groups is 1. The van der Waals surface area contributed by atoms with Crippen LogP contribution in [0.1, 0.15) is 0 Å². The predicted octanol–water partition coefficient (Wildman–Crippen LogP) is -0.708. The molecule has 0 radical (unpaired) electrons. The van der Waals surface area contributed by atoms with Crippen LogP contribution < -0.4 is 16.8 Å². The molecule has 0 heterocycles. The molecule has 0 saturated carbocycles. The zero-order chi connectivity index (χ0) is 6.57. The van der Waals surface area contributed by atoms with E-state index in [1.165, 1.54) is 6.08 Å². The number of hydrogen-bond acceptors (Lipinski definition) is 3. The van der Waals surface area contributed by atoms with Crippen molar-refractivity contribution < 1.29 is 0 Å². The molecule has 8 heavy (non-hydrogen) atoms. The van der Waals surface area contributed by atoms with E-state index in [-0.39, 0.29) is 4.99 Å². The highest BCUT2D eigenvalue weighted by Gasteiger charge is 1.81. The summed E-state index contributed by atoms with van der Waals surface area (Å²) < 4.78 is 0. The van der Waals surface area contributed by atoms with Gasteiger partial charge in [0.1, 0.15) is 0 Å². The van der Waals surface area contributed by atoms with E-state index in [1.807, 2.05) is 0 Å². The number of hydrogen-bond donors (Lipinski definition) is 3. The Hall–Kier alpha value is -0.770. The van der Waals surface area contributed by atoms with Crippen LogP contribution in [0.4, 0.5) is 0 Å². The molecule has 0 aliphatic rings. The minimum atomic E-state index is 0.289. The Morgan fingerprint density at radius 3 is 2.25 bits per heavy atom. The molecule has 0 aliphatic heterocycles. The van der Waals surface area contributed by atoms with Gasteiger partial charge in [0.05, 0.1) is 10.8 Å². The second kappa shape index (κ2) is 3.26. The molecule has 0 amide bonds. The van der Waals surface area contributed by atoms with Crippen molar-refractivity contribution in [1.29, 1.82) is 0 Å². The van der Waals surface area contributed by atoms with Gasteiger partial charge in [-0.1, -0.05) is 12.2 Å². The molecule has 0 spiro atoms. The first-order chi connectivity index (χ1) is 3.66. The lowest BCUT2D eigenvalue weighted by molar-refractivity contribution is 0.968. The van der Waals surface area contributed by atoms with Gasteiger partial charge in [0.25, 0.3) is 0 Å². The van der Waals surface area contributed by atoms with Crippen molar-refractivity contribution in [3.05, 3.63) is 11.9 Å². The van der Waals surface area contributed by atoms with Crippen LogP contribution in [0.3, 0.4) is 0 Å². The van der Waals surface area contributed by atoms with Crippen molar-refractivity contribution in [3.63, 3.8) is 0 Å². The molecule has 0 aromatic carbocycles. The topological polar surface area (TPSA) is 64.1 Å². The van der Waals surface area contributed by atoms with Crippen molar-refractivity contribution in [2.75, 3.05) is 7.05 Å². The smallest absolute Gasteiger partial charge is 0.0998 e. The maximum absolute atomic E-state index is 5.26. The van der Waals surface area contributed by atoms with E-state index >= 15 is 0 Å². The first-order valence-corrected chi connectivity index (χ1v) is 2.52. The molecule has 0 saturated heterocycles. The van der Waals surface area contributed by atoms with Gasteiger partial charge in [-0.25, -0.2) is 0 Å². The van der Waals surface area contributed by atoms with E-state index in [9.17, 15) is 0 Å². The van der Waals surface area contributed by atoms with Gasteiger partial charge in [-0.3, -0.25) is 0 Å². The molecule has 0 unspecified atom stereocenters. The fourth-order valence-corrected chi connectivity index (χ4v) is 0.352. The molecule has 3 nitrogen and oxygen atoms in total. The summed E-state index contributed by atoms with van der Waals surface area (Å²) in [6.45, 7) is 0. The van der Waals surface area contributed by atoms with E-state index in [0.717, 1.165) is 0 Å². The monoisotopic (exact) mass is 131 g/mol. The van der Waals surface area contributed by atoms with Crippen molar-refractivity contribution >= 4 is 17.2 Å². The summed E-state index contributed by atoms with van der Waals surface area (Å²) in [5.74, 6) is 0.484. The van der Waals surface area contributed by atoms with E-state index < -0.39 is 0 Å². The molecule has 0 aliphatic carbocycles. The summed E-state index contributed by atoms with van der Waals surface area (Å²) in [4.78, 5) is 0.289. The van der Waals surface area contributed by atoms with Gasteiger partial charge in [-0.15, -0.1) is 0 Å².